The molecule has 3 heterocycles. The first kappa shape index (κ1) is 14.2. The van der Waals surface area contributed by atoms with E-state index >= 15 is 0 Å². The molecule has 0 unspecified atom stereocenters. The molecule has 1 atom stereocenters. The Kier molecular flexibility index (Phi) is 3.98. The Balaban J connectivity index is 1.74. The second-order valence-corrected chi connectivity index (χ2v) is 7.12. The van der Waals surface area contributed by atoms with Crippen LogP contribution in [0.3, 0.4) is 0 Å². The molecule has 7 nitrogen and oxygen atoms in total. The van der Waals surface area contributed by atoms with E-state index < -0.39 is 10.0 Å². The zero-order valence-electron chi connectivity index (χ0n) is 11.5. The van der Waals surface area contributed by atoms with Gasteiger partial charge in [-0.1, -0.05) is 0 Å². The maximum atomic E-state index is 12.6. The van der Waals surface area contributed by atoms with Gasteiger partial charge in [-0.05, 0) is 30.9 Å². The Bertz CT molecular complexity index is 672. The lowest BCUT2D eigenvalue weighted by Crippen LogP contribution is -2.41. The number of rotatable bonds is 4. The highest BCUT2D eigenvalue weighted by Gasteiger charge is 2.30. The van der Waals surface area contributed by atoms with Gasteiger partial charge in [0.05, 0.1) is 0 Å². The number of sulfonamides is 1. The molecule has 21 heavy (non-hydrogen) atoms. The first-order chi connectivity index (χ1) is 10.2. The van der Waals surface area contributed by atoms with Gasteiger partial charge in [0.2, 0.25) is 10.0 Å². The van der Waals surface area contributed by atoms with Crippen LogP contribution in [0.4, 0.5) is 0 Å². The van der Waals surface area contributed by atoms with Gasteiger partial charge in [0.1, 0.15) is 17.6 Å². The molecule has 1 saturated heterocycles. The summed E-state index contributed by atoms with van der Waals surface area (Å²) >= 11 is 0. The topological polar surface area (TPSA) is 81.0 Å². The van der Waals surface area contributed by atoms with Crippen LogP contribution in [0.25, 0.3) is 0 Å². The van der Waals surface area contributed by atoms with E-state index in [1.165, 1.54) is 12.5 Å². The van der Waals surface area contributed by atoms with Crippen molar-refractivity contribution in [2.75, 3.05) is 13.1 Å². The van der Waals surface area contributed by atoms with Crippen molar-refractivity contribution in [2.24, 2.45) is 5.92 Å². The Morgan fingerprint density at radius 3 is 2.95 bits per heavy atom. The summed E-state index contributed by atoms with van der Waals surface area (Å²) in [6.07, 6.45) is 7.98. The van der Waals surface area contributed by atoms with Crippen molar-refractivity contribution in [3.05, 3.63) is 37.2 Å². The molecule has 0 spiro atoms. The van der Waals surface area contributed by atoms with Crippen molar-refractivity contribution >= 4 is 10.0 Å². The first-order valence-electron chi connectivity index (χ1n) is 6.89. The summed E-state index contributed by atoms with van der Waals surface area (Å²) in [6.45, 7) is 1.77. The van der Waals surface area contributed by atoms with Crippen LogP contribution < -0.4 is 0 Å². The second kappa shape index (κ2) is 5.90. The Morgan fingerprint density at radius 2 is 2.24 bits per heavy atom. The molecular weight excluding hydrogens is 290 g/mol. The van der Waals surface area contributed by atoms with E-state index in [2.05, 4.69) is 15.1 Å². The van der Waals surface area contributed by atoms with E-state index in [1.807, 2.05) is 0 Å². The van der Waals surface area contributed by atoms with Gasteiger partial charge in [-0.15, -0.1) is 0 Å². The SMILES string of the molecule is O=S(=O)(c1cccnc1)N1CCC[C@@H](Cn2cncn2)C1. The predicted octanol–water partition coefficient (Wildman–Crippen LogP) is 0.774. The van der Waals surface area contributed by atoms with Crippen LogP contribution in [0, 0.1) is 5.92 Å². The minimum Gasteiger partial charge on any atom is -0.263 e. The van der Waals surface area contributed by atoms with Crippen LogP contribution in [-0.4, -0.2) is 45.6 Å². The zero-order chi connectivity index (χ0) is 14.7. The van der Waals surface area contributed by atoms with Crippen LogP contribution in [0.1, 0.15) is 12.8 Å². The van der Waals surface area contributed by atoms with E-state index in [-0.39, 0.29) is 10.8 Å². The summed E-state index contributed by atoms with van der Waals surface area (Å²) in [5.74, 6) is 0.256. The third-order valence-corrected chi connectivity index (χ3v) is 5.51. The van der Waals surface area contributed by atoms with Crippen molar-refractivity contribution in [2.45, 2.75) is 24.3 Å². The van der Waals surface area contributed by atoms with Crippen molar-refractivity contribution in [3.63, 3.8) is 0 Å². The Hall–Kier alpha value is -1.80. The summed E-state index contributed by atoms with van der Waals surface area (Å²) in [5.41, 5.74) is 0. The van der Waals surface area contributed by atoms with Crippen molar-refractivity contribution in [3.8, 4) is 0 Å². The highest BCUT2D eigenvalue weighted by Crippen LogP contribution is 2.24. The van der Waals surface area contributed by atoms with E-state index in [0.717, 1.165) is 12.8 Å². The fraction of sp³-hybridized carbons (Fsp3) is 0.462. The second-order valence-electron chi connectivity index (χ2n) is 5.18. The van der Waals surface area contributed by atoms with E-state index in [0.29, 0.717) is 19.6 Å². The highest BCUT2D eigenvalue weighted by atomic mass is 32.2. The minimum absolute atomic E-state index is 0.256. The first-order valence-corrected chi connectivity index (χ1v) is 8.33. The molecule has 0 bridgehead atoms. The molecule has 0 amide bonds. The van der Waals surface area contributed by atoms with Gasteiger partial charge in [0.15, 0.2) is 0 Å². The molecule has 0 N–H and O–H groups in total. The molecule has 1 aliphatic rings. The van der Waals surface area contributed by atoms with Gasteiger partial charge in [-0.2, -0.15) is 9.40 Å². The molecule has 0 aliphatic carbocycles. The summed E-state index contributed by atoms with van der Waals surface area (Å²) in [7, 11) is -3.45. The van der Waals surface area contributed by atoms with E-state index in [1.54, 1.807) is 33.6 Å². The van der Waals surface area contributed by atoms with Crippen LogP contribution >= 0.6 is 0 Å². The lowest BCUT2D eigenvalue weighted by molar-refractivity contribution is 0.239. The largest absolute Gasteiger partial charge is 0.263 e. The molecule has 2 aromatic heterocycles. The van der Waals surface area contributed by atoms with Crippen molar-refractivity contribution in [1.29, 1.82) is 0 Å². The monoisotopic (exact) mass is 307 g/mol. The smallest absolute Gasteiger partial charge is 0.244 e. The maximum Gasteiger partial charge on any atom is 0.244 e. The molecule has 8 heteroatoms. The van der Waals surface area contributed by atoms with Gasteiger partial charge < -0.3 is 0 Å². The molecule has 0 saturated carbocycles. The maximum absolute atomic E-state index is 12.6. The van der Waals surface area contributed by atoms with Gasteiger partial charge in [0.25, 0.3) is 0 Å². The normalized spacial score (nSPS) is 20.5. The number of nitrogens with zero attached hydrogens (tertiary/aromatic N) is 5. The fourth-order valence-electron chi connectivity index (χ4n) is 2.63. The van der Waals surface area contributed by atoms with E-state index in [9.17, 15) is 8.42 Å². The summed E-state index contributed by atoms with van der Waals surface area (Å²) in [4.78, 5) is 8.07. The Morgan fingerprint density at radius 1 is 1.33 bits per heavy atom. The summed E-state index contributed by atoms with van der Waals surface area (Å²) in [6, 6.07) is 3.23. The zero-order valence-corrected chi connectivity index (χ0v) is 12.4. The lowest BCUT2D eigenvalue weighted by Gasteiger charge is -2.31. The van der Waals surface area contributed by atoms with Crippen LogP contribution in [0.15, 0.2) is 42.1 Å². The molecule has 3 rings (SSSR count). The average molecular weight is 307 g/mol. The Labute approximate surface area is 123 Å². The molecule has 1 aliphatic heterocycles. The summed E-state index contributed by atoms with van der Waals surface area (Å²) < 4.78 is 28.5. The van der Waals surface area contributed by atoms with Crippen LogP contribution in [-0.2, 0) is 16.6 Å². The number of pyridine rings is 1. The quantitative estimate of drug-likeness (QED) is 0.833. The van der Waals surface area contributed by atoms with Crippen molar-refractivity contribution in [1.82, 2.24) is 24.1 Å². The van der Waals surface area contributed by atoms with Gasteiger partial charge in [0, 0.05) is 32.0 Å². The van der Waals surface area contributed by atoms with Crippen LogP contribution in [0.5, 0.6) is 0 Å². The fourth-order valence-corrected chi connectivity index (χ4v) is 4.15. The average Bonchev–Trinajstić information content (AvgIpc) is 3.01. The number of aromatic nitrogens is 4. The predicted molar refractivity (Wildman–Crippen MR) is 75.7 cm³/mol. The standard InChI is InChI=1S/C13H17N5O2S/c19-21(20,13-4-1-5-14-7-13)18-6-2-3-12(9-18)8-17-11-15-10-16-17/h1,4-5,7,10-12H,2-3,6,8-9H2/t12-/m0/s1. The van der Waals surface area contributed by atoms with Gasteiger partial charge in [-0.25, -0.2) is 13.4 Å². The van der Waals surface area contributed by atoms with Gasteiger partial charge >= 0.3 is 0 Å². The number of piperidine rings is 1. The van der Waals surface area contributed by atoms with Gasteiger partial charge in [-0.3, -0.25) is 9.67 Å². The molecule has 0 radical (unpaired) electrons. The molecule has 2 aromatic rings. The van der Waals surface area contributed by atoms with Crippen molar-refractivity contribution < 1.29 is 8.42 Å². The third kappa shape index (κ3) is 3.11. The molecular formula is C13H17N5O2S. The summed E-state index contributed by atoms with van der Waals surface area (Å²) in [5, 5.41) is 4.08. The highest BCUT2D eigenvalue weighted by molar-refractivity contribution is 7.89. The minimum atomic E-state index is -3.45. The van der Waals surface area contributed by atoms with Crippen LogP contribution in [0.2, 0.25) is 0 Å². The third-order valence-electron chi connectivity index (χ3n) is 3.67. The van der Waals surface area contributed by atoms with E-state index in [4.69, 9.17) is 0 Å². The number of hydrogen-bond acceptors (Lipinski definition) is 5. The number of hydrogen-bond donors (Lipinski definition) is 0. The molecule has 112 valence electrons. The lowest BCUT2D eigenvalue weighted by atomic mass is 10.00. The molecule has 1 fully saturated rings. The molecule has 0 aromatic carbocycles.